The molecule has 3 heteroatoms. The number of carboxylic acids is 1. The van der Waals surface area contributed by atoms with Gasteiger partial charge < -0.3 is 10.1 Å². The van der Waals surface area contributed by atoms with Crippen LogP contribution in [0.15, 0.2) is 0 Å². The molecule has 0 aliphatic heterocycles. The van der Waals surface area contributed by atoms with Gasteiger partial charge in [-0.1, -0.05) is 6.92 Å². The number of aromatic carboxylic acids is 1. The Morgan fingerprint density at radius 1 is 1.54 bits per heavy atom. The highest BCUT2D eigenvalue weighted by Gasteiger charge is 2.24. The molecule has 0 atom stereocenters. The van der Waals surface area contributed by atoms with E-state index in [1.165, 1.54) is 0 Å². The highest BCUT2D eigenvalue weighted by molar-refractivity contribution is 5.91. The van der Waals surface area contributed by atoms with Crippen molar-refractivity contribution in [2.45, 2.75) is 32.6 Å². The quantitative estimate of drug-likeness (QED) is 0.726. The maximum absolute atomic E-state index is 11.0. The zero-order valence-corrected chi connectivity index (χ0v) is 7.68. The van der Waals surface area contributed by atoms with E-state index in [2.05, 4.69) is 4.98 Å². The van der Waals surface area contributed by atoms with Crippen LogP contribution in [-0.4, -0.2) is 16.1 Å². The van der Waals surface area contributed by atoms with Crippen LogP contribution in [0.5, 0.6) is 0 Å². The number of aromatic amines is 1. The highest BCUT2D eigenvalue weighted by Crippen LogP contribution is 2.27. The highest BCUT2D eigenvalue weighted by atomic mass is 16.4. The third kappa shape index (κ3) is 1.15. The van der Waals surface area contributed by atoms with E-state index in [4.69, 9.17) is 5.11 Å². The molecule has 0 radical (unpaired) electrons. The Hall–Kier alpha value is -1.25. The molecule has 0 unspecified atom stereocenters. The molecule has 0 fully saturated rings. The van der Waals surface area contributed by atoms with Gasteiger partial charge in [0.25, 0.3) is 0 Å². The number of hydrogen-bond donors (Lipinski definition) is 2. The number of H-pyrrole nitrogens is 1. The maximum atomic E-state index is 11.0. The smallest absolute Gasteiger partial charge is 0.337 e. The molecule has 1 aromatic heterocycles. The molecule has 13 heavy (non-hydrogen) atoms. The minimum Gasteiger partial charge on any atom is -0.478 e. The lowest BCUT2D eigenvalue weighted by molar-refractivity contribution is 0.0695. The van der Waals surface area contributed by atoms with Gasteiger partial charge in [0.15, 0.2) is 0 Å². The monoisotopic (exact) mass is 179 g/mol. The molecule has 0 amide bonds. The van der Waals surface area contributed by atoms with Gasteiger partial charge in [0, 0.05) is 11.4 Å². The first kappa shape index (κ1) is 8.35. The minimum absolute atomic E-state index is 0.537. The summed E-state index contributed by atoms with van der Waals surface area (Å²) in [5.74, 6) is -0.781. The number of fused-ring (bicyclic) bond motifs is 1. The molecular formula is C10H13NO2. The Labute approximate surface area is 76.8 Å². The predicted octanol–water partition coefficient (Wildman–Crippen LogP) is 1.76. The Balaban J connectivity index is 2.55. The average Bonchev–Trinajstić information content (AvgIpc) is 2.59. The molecule has 1 aliphatic carbocycles. The molecule has 3 nitrogen and oxygen atoms in total. The Kier molecular flexibility index (Phi) is 1.87. The predicted molar refractivity (Wildman–Crippen MR) is 49.2 cm³/mol. The van der Waals surface area contributed by atoms with Gasteiger partial charge in [-0.05, 0) is 31.2 Å². The second kappa shape index (κ2) is 2.91. The van der Waals surface area contributed by atoms with Crippen molar-refractivity contribution in [3.05, 3.63) is 22.5 Å². The second-order valence-corrected chi connectivity index (χ2v) is 3.45. The summed E-state index contributed by atoms with van der Waals surface area (Å²) in [6.45, 7) is 1.98. The summed E-state index contributed by atoms with van der Waals surface area (Å²) < 4.78 is 0. The van der Waals surface area contributed by atoms with Crippen molar-refractivity contribution in [3.63, 3.8) is 0 Å². The zero-order valence-electron chi connectivity index (χ0n) is 7.68. The molecule has 2 rings (SSSR count). The summed E-state index contributed by atoms with van der Waals surface area (Å²) in [7, 11) is 0. The Morgan fingerprint density at radius 2 is 2.31 bits per heavy atom. The standard InChI is InChI=1S/C10H13NO2/c1-2-7-9(10(12)13)6-4-3-5-8(6)11-7/h11H,2-5H2,1H3,(H,12,13). The molecule has 0 saturated heterocycles. The third-order valence-electron chi connectivity index (χ3n) is 2.69. The van der Waals surface area contributed by atoms with Crippen LogP contribution < -0.4 is 0 Å². The minimum atomic E-state index is -0.781. The largest absolute Gasteiger partial charge is 0.478 e. The van der Waals surface area contributed by atoms with Gasteiger partial charge in [0.05, 0.1) is 5.56 Å². The Morgan fingerprint density at radius 3 is 2.92 bits per heavy atom. The summed E-state index contributed by atoms with van der Waals surface area (Å²) in [6.07, 6.45) is 3.79. The molecule has 0 aromatic carbocycles. The van der Waals surface area contributed by atoms with Crippen LogP contribution >= 0.6 is 0 Å². The van der Waals surface area contributed by atoms with E-state index in [0.717, 1.165) is 42.6 Å². The molecule has 1 aromatic rings. The lowest BCUT2D eigenvalue weighted by Crippen LogP contribution is -2.02. The van der Waals surface area contributed by atoms with E-state index < -0.39 is 5.97 Å². The molecule has 0 spiro atoms. The summed E-state index contributed by atoms with van der Waals surface area (Å²) in [4.78, 5) is 14.2. The van der Waals surface area contributed by atoms with Crippen molar-refractivity contribution < 1.29 is 9.90 Å². The van der Waals surface area contributed by atoms with Crippen LogP contribution in [0, 0.1) is 0 Å². The molecular weight excluding hydrogens is 166 g/mol. The van der Waals surface area contributed by atoms with Crippen LogP contribution in [0.2, 0.25) is 0 Å². The van der Waals surface area contributed by atoms with E-state index in [-0.39, 0.29) is 0 Å². The number of nitrogens with one attached hydrogen (secondary N) is 1. The SMILES string of the molecule is CCc1[nH]c2c(c1C(=O)O)CCC2. The van der Waals surface area contributed by atoms with Gasteiger partial charge in [0.1, 0.15) is 0 Å². The fourth-order valence-electron chi connectivity index (χ4n) is 2.11. The van der Waals surface area contributed by atoms with E-state index in [0.29, 0.717) is 5.56 Å². The van der Waals surface area contributed by atoms with Crippen LogP contribution in [0.1, 0.15) is 40.7 Å². The zero-order chi connectivity index (χ0) is 9.42. The van der Waals surface area contributed by atoms with Gasteiger partial charge in [-0.15, -0.1) is 0 Å². The van der Waals surface area contributed by atoms with Crippen LogP contribution in [0.3, 0.4) is 0 Å². The number of carboxylic acid groups (broad SMARTS) is 1. The van der Waals surface area contributed by atoms with E-state index in [1.54, 1.807) is 0 Å². The van der Waals surface area contributed by atoms with E-state index in [9.17, 15) is 4.79 Å². The maximum Gasteiger partial charge on any atom is 0.337 e. The molecule has 1 heterocycles. The lowest BCUT2D eigenvalue weighted by Gasteiger charge is -1.97. The Bertz CT molecular complexity index is 352. The number of carbonyl (C=O) groups is 1. The number of hydrogen-bond acceptors (Lipinski definition) is 1. The molecule has 70 valence electrons. The van der Waals surface area contributed by atoms with Gasteiger partial charge in [0.2, 0.25) is 0 Å². The first-order chi connectivity index (χ1) is 6.24. The lowest BCUT2D eigenvalue weighted by atomic mass is 10.1. The first-order valence-corrected chi connectivity index (χ1v) is 4.70. The molecule has 0 bridgehead atoms. The molecule has 0 saturated carbocycles. The van der Waals surface area contributed by atoms with Crippen molar-refractivity contribution in [2.24, 2.45) is 0 Å². The van der Waals surface area contributed by atoms with Gasteiger partial charge in [-0.3, -0.25) is 0 Å². The first-order valence-electron chi connectivity index (χ1n) is 4.70. The fourth-order valence-corrected chi connectivity index (χ4v) is 2.11. The fraction of sp³-hybridized carbons (Fsp3) is 0.500. The van der Waals surface area contributed by atoms with Gasteiger partial charge in [-0.2, -0.15) is 0 Å². The second-order valence-electron chi connectivity index (χ2n) is 3.45. The van der Waals surface area contributed by atoms with Crippen molar-refractivity contribution in [2.75, 3.05) is 0 Å². The van der Waals surface area contributed by atoms with Crippen molar-refractivity contribution >= 4 is 5.97 Å². The van der Waals surface area contributed by atoms with E-state index in [1.807, 2.05) is 6.92 Å². The molecule has 1 aliphatic rings. The van der Waals surface area contributed by atoms with Crippen molar-refractivity contribution in [1.82, 2.24) is 4.98 Å². The molecule has 2 N–H and O–H groups in total. The van der Waals surface area contributed by atoms with Crippen LogP contribution in [0.25, 0.3) is 0 Å². The number of aromatic nitrogens is 1. The summed E-state index contributed by atoms with van der Waals surface area (Å²) >= 11 is 0. The average molecular weight is 179 g/mol. The number of aryl methyl sites for hydroxylation is 2. The van der Waals surface area contributed by atoms with Gasteiger partial charge in [-0.25, -0.2) is 4.79 Å². The van der Waals surface area contributed by atoms with Crippen molar-refractivity contribution in [1.29, 1.82) is 0 Å². The van der Waals surface area contributed by atoms with Crippen LogP contribution in [-0.2, 0) is 19.3 Å². The summed E-state index contributed by atoms with van der Waals surface area (Å²) in [5, 5.41) is 9.03. The van der Waals surface area contributed by atoms with Gasteiger partial charge >= 0.3 is 5.97 Å². The third-order valence-corrected chi connectivity index (χ3v) is 2.69. The summed E-state index contributed by atoms with van der Waals surface area (Å²) in [5.41, 5.74) is 3.62. The van der Waals surface area contributed by atoms with Crippen molar-refractivity contribution in [3.8, 4) is 0 Å². The normalized spacial score (nSPS) is 14.5. The number of rotatable bonds is 2. The topological polar surface area (TPSA) is 53.1 Å². The van der Waals surface area contributed by atoms with Crippen LogP contribution in [0.4, 0.5) is 0 Å². The summed E-state index contributed by atoms with van der Waals surface area (Å²) in [6, 6.07) is 0. The van der Waals surface area contributed by atoms with E-state index >= 15 is 0 Å².